The lowest BCUT2D eigenvalue weighted by Gasteiger charge is -2.29. The van der Waals surface area contributed by atoms with Crippen molar-refractivity contribution in [3.8, 4) is 0 Å². The number of benzene rings is 2. The second-order valence-corrected chi connectivity index (χ2v) is 8.39. The first-order valence-electron chi connectivity index (χ1n) is 11.4. The molecule has 0 amide bonds. The third kappa shape index (κ3) is 7.28. The third-order valence-electron chi connectivity index (χ3n) is 6.08. The molecule has 2 aliphatic heterocycles. The van der Waals surface area contributed by atoms with Gasteiger partial charge in [-0.05, 0) is 29.7 Å². The largest absolute Gasteiger partial charge is 0.378 e. The van der Waals surface area contributed by atoms with Crippen molar-refractivity contribution in [3.05, 3.63) is 65.5 Å². The van der Waals surface area contributed by atoms with Gasteiger partial charge < -0.3 is 24.6 Å². The number of likely N-dealkylation sites (tertiary alicyclic amines) is 1. The van der Waals surface area contributed by atoms with E-state index in [4.69, 9.17) is 9.47 Å². The molecule has 2 fully saturated rings. The summed E-state index contributed by atoms with van der Waals surface area (Å²) in [4.78, 5) is 8.74. The van der Waals surface area contributed by atoms with Crippen LogP contribution in [0.3, 0.4) is 0 Å². The Kier molecular flexibility index (Phi) is 10.2. The lowest BCUT2D eigenvalue weighted by Crippen LogP contribution is -2.40. The Morgan fingerprint density at radius 2 is 1.91 bits per heavy atom. The summed E-state index contributed by atoms with van der Waals surface area (Å²) in [6, 6.07) is 15.7. The Labute approximate surface area is 213 Å². The van der Waals surface area contributed by atoms with E-state index in [0.29, 0.717) is 38.0 Å². The van der Waals surface area contributed by atoms with Crippen molar-refractivity contribution in [3.63, 3.8) is 0 Å². The zero-order valence-corrected chi connectivity index (χ0v) is 21.5. The molecule has 0 aromatic heterocycles. The number of aliphatic imine (C=N–C) groups is 1. The molecule has 1 atom stereocenters. The lowest BCUT2D eigenvalue weighted by molar-refractivity contribution is 0.0906. The second-order valence-electron chi connectivity index (χ2n) is 8.39. The first kappa shape index (κ1) is 25.7. The van der Waals surface area contributed by atoms with Gasteiger partial charge in [-0.25, -0.2) is 4.39 Å². The molecular weight excluding hydrogens is 534 g/mol. The van der Waals surface area contributed by atoms with Crippen LogP contribution in [0, 0.1) is 11.7 Å². The van der Waals surface area contributed by atoms with Crippen molar-refractivity contribution >= 4 is 35.6 Å². The highest BCUT2D eigenvalue weighted by Crippen LogP contribution is 2.22. The molecule has 2 heterocycles. The van der Waals surface area contributed by atoms with Gasteiger partial charge in [0.15, 0.2) is 5.96 Å². The van der Waals surface area contributed by atoms with E-state index in [1.54, 1.807) is 13.1 Å². The smallest absolute Gasteiger partial charge is 0.193 e. The number of hydrogen-bond acceptors (Lipinski definition) is 4. The molecule has 0 aliphatic carbocycles. The number of hydrogen-bond donors (Lipinski definition) is 1. The van der Waals surface area contributed by atoms with Gasteiger partial charge in [0.25, 0.3) is 0 Å². The van der Waals surface area contributed by atoms with Crippen LogP contribution in [0.15, 0.2) is 53.5 Å². The quantitative estimate of drug-likeness (QED) is 0.312. The standard InChI is InChI=1S/C25H33FN4O2.HI/c1-27-25(30-10-9-22(17-30)19-32-18-20-5-3-2-4-6-20)28-16-21-7-8-24(23(26)15-21)29-11-13-31-14-12-29;/h2-8,15,22H,9-14,16-19H2,1H3,(H,27,28);1H. The van der Waals surface area contributed by atoms with Gasteiger partial charge in [-0.2, -0.15) is 0 Å². The van der Waals surface area contributed by atoms with Crippen LogP contribution in [0.2, 0.25) is 0 Å². The SMILES string of the molecule is CN=C(NCc1ccc(N2CCOCC2)c(F)c1)N1CCC(COCc2ccccc2)C1.I. The van der Waals surface area contributed by atoms with Gasteiger partial charge in [0.1, 0.15) is 5.82 Å². The number of halogens is 2. The van der Waals surface area contributed by atoms with Gasteiger partial charge in [0.05, 0.1) is 32.1 Å². The summed E-state index contributed by atoms with van der Waals surface area (Å²) in [5, 5.41) is 3.39. The minimum Gasteiger partial charge on any atom is -0.378 e. The monoisotopic (exact) mass is 568 g/mol. The van der Waals surface area contributed by atoms with E-state index >= 15 is 0 Å². The van der Waals surface area contributed by atoms with Crippen LogP contribution in [0.25, 0.3) is 0 Å². The van der Waals surface area contributed by atoms with E-state index in [2.05, 4.69) is 27.3 Å². The average Bonchev–Trinajstić information content (AvgIpc) is 3.29. The highest BCUT2D eigenvalue weighted by atomic mass is 127. The van der Waals surface area contributed by atoms with Crippen LogP contribution < -0.4 is 10.2 Å². The maximum Gasteiger partial charge on any atom is 0.193 e. The average molecular weight is 568 g/mol. The number of rotatable bonds is 7. The zero-order chi connectivity index (χ0) is 22.2. The third-order valence-corrected chi connectivity index (χ3v) is 6.08. The highest BCUT2D eigenvalue weighted by Gasteiger charge is 2.25. The van der Waals surface area contributed by atoms with Crippen LogP contribution in [0.5, 0.6) is 0 Å². The Hall–Kier alpha value is -1.91. The molecule has 2 saturated heterocycles. The normalized spacial score (nSPS) is 18.8. The van der Waals surface area contributed by atoms with E-state index < -0.39 is 0 Å². The van der Waals surface area contributed by atoms with E-state index in [1.807, 2.05) is 35.2 Å². The maximum atomic E-state index is 14.7. The summed E-state index contributed by atoms with van der Waals surface area (Å²) in [5.41, 5.74) is 2.76. The van der Waals surface area contributed by atoms with Crippen molar-refractivity contribution < 1.29 is 13.9 Å². The van der Waals surface area contributed by atoms with Gasteiger partial charge in [-0.15, -0.1) is 24.0 Å². The second kappa shape index (κ2) is 13.1. The number of anilines is 1. The zero-order valence-electron chi connectivity index (χ0n) is 19.2. The topological polar surface area (TPSA) is 49.3 Å². The summed E-state index contributed by atoms with van der Waals surface area (Å²) in [6.45, 7) is 6.55. The number of nitrogens with one attached hydrogen (secondary N) is 1. The van der Waals surface area contributed by atoms with Crippen molar-refractivity contribution in [2.45, 2.75) is 19.6 Å². The van der Waals surface area contributed by atoms with Crippen molar-refractivity contribution in [2.75, 3.05) is 57.9 Å². The molecule has 1 N–H and O–H groups in total. The summed E-state index contributed by atoms with van der Waals surface area (Å²) in [7, 11) is 1.80. The van der Waals surface area contributed by atoms with E-state index in [-0.39, 0.29) is 29.8 Å². The molecule has 0 bridgehead atoms. The molecule has 6 nitrogen and oxygen atoms in total. The highest BCUT2D eigenvalue weighted by molar-refractivity contribution is 14.0. The maximum absolute atomic E-state index is 14.7. The molecular formula is C25H34FIN4O2. The Morgan fingerprint density at radius 3 is 2.64 bits per heavy atom. The van der Waals surface area contributed by atoms with Crippen LogP contribution in [-0.4, -0.2) is 63.9 Å². The Bertz CT molecular complexity index is 893. The summed E-state index contributed by atoms with van der Waals surface area (Å²) < 4.78 is 26.0. The van der Waals surface area contributed by atoms with Gasteiger partial charge in [0.2, 0.25) is 0 Å². The van der Waals surface area contributed by atoms with Crippen LogP contribution >= 0.6 is 24.0 Å². The Balaban J connectivity index is 0.00000306. The number of ether oxygens (including phenoxy) is 2. The predicted octanol–water partition coefficient (Wildman–Crippen LogP) is 3.89. The van der Waals surface area contributed by atoms with Crippen LogP contribution in [0.1, 0.15) is 17.5 Å². The minimum atomic E-state index is -0.182. The fourth-order valence-corrected chi connectivity index (χ4v) is 4.31. The van der Waals surface area contributed by atoms with E-state index in [1.165, 1.54) is 5.56 Å². The minimum absolute atomic E-state index is 0. The molecule has 33 heavy (non-hydrogen) atoms. The summed E-state index contributed by atoms with van der Waals surface area (Å²) in [5.74, 6) is 1.16. The first-order chi connectivity index (χ1) is 15.7. The van der Waals surface area contributed by atoms with Crippen molar-refractivity contribution in [1.82, 2.24) is 10.2 Å². The molecule has 2 aliphatic rings. The van der Waals surface area contributed by atoms with E-state index in [9.17, 15) is 4.39 Å². The fraction of sp³-hybridized carbons (Fsp3) is 0.480. The van der Waals surface area contributed by atoms with Gasteiger partial charge >= 0.3 is 0 Å². The molecule has 180 valence electrons. The number of nitrogens with zero attached hydrogens (tertiary/aromatic N) is 3. The van der Waals surface area contributed by atoms with Crippen LogP contribution in [-0.2, 0) is 22.6 Å². The van der Waals surface area contributed by atoms with Crippen LogP contribution in [0.4, 0.5) is 10.1 Å². The fourth-order valence-electron chi connectivity index (χ4n) is 4.31. The summed E-state index contributed by atoms with van der Waals surface area (Å²) in [6.07, 6.45) is 1.08. The first-order valence-corrected chi connectivity index (χ1v) is 11.4. The molecule has 1 unspecified atom stereocenters. The molecule has 0 saturated carbocycles. The number of morpholine rings is 1. The molecule has 0 spiro atoms. The lowest BCUT2D eigenvalue weighted by atomic mass is 10.1. The number of guanidine groups is 1. The van der Waals surface area contributed by atoms with Gasteiger partial charge in [-0.1, -0.05) is 36.4 Å². The molecule has 0 radical (unpaired) electrons. The van der Waals surface area contributed by atoms with Gasteiger partial charge in [0, 0.05) is 45.7 Å². The van der Waals surface area contributed by atoms with Gasteiger partial charge in [-0.3, -0.25) is 4.99 Å². The molecule has 2 aromatic carbocycles. The van der Waals surface area contributed by atoms with Crippen molar-refractivity contribution in [1.29, 1.82) is 0 Å². The van der Waals surface area contributed by atoms with E-state index in [0.717, 1.165) is 50.7 Å². The molecule has 8 heteroatoms. The predicted molar refractivity (Wildman–Crippen MR) is 141 cm³/mol. The summed E-state index contributed by atoms with van der Waals surface area (Å²) >= 11 is 0. The Morgan fingerprint density at radius 1 is 1.12 bits per heavy atom. The van der Waals surface area contributed by atoms with Crippen molar-refractivity contribution in [2.24, 2.45) is 10.9 Å². The molecule has 4 rings (SSSR count). The molecule has 2 aromatic rings.